The summed E-state index contributed by atoms with van der Waals surface area (Å²) in [4.78, 5) is 6.85. The summed E-state index contributed by atoms with van der Waals surface area (Å²) >= 11 is 0. The van der Waals surface area contributed by atoms with Crippen molar-refractivity contribution in [3.63, 3.8) is 0 Å². The first kappa shape index (κ1) is 17.2. The quantitative estimate of drug-likeness (QED) is 0.804. The molecule has 0 saturated carbocycles. The van der Waals surface area contributed by atoms with Crippen molar-refractivity contribution in [3.05, 3.63) is 54.1 Å². The van der Waals surface area contributed by atoms with Crippen molar-refractivity contribution in [1.82, 2.24) is 14.5 Å². The third-order valence-corrected chi connectivity index (χ3v) is 5.58. The molecule has 2 heterocycles. The van der Waals surface area contributed by atoms with Gasteiger partial charge in [-0.25, -0.2) is 13.4 Å². The molecule has 1 aliphatic heterocycles. The van der Waals surface area contributed by atoms with Crippen LogP contribution in [0.5, 0.6) is 0 Å². The predicted octanol–water partition coefficient (Wildman–Crippen LogP) is 2.19. The smallest absolute Gasteiger partial charge is 0.147 e. The van der Waals surface area contributed by atoms with Crippen LogP contribution in [0, 0.1) is 5.92 Å². The molecule has 130 valence electrons. The Labute approximate surface area is 144 Å². The average Bonchev–Trinajstić information content (AvgIpc) is 2.94. The monoisotopic (exact) mass is 347 g/mol. The van der Waals surface area contributed by atoms with Gasteiger partial charge >= 0.3 is 0 Å². The molecule has 0 N–H and O–H groups in total. The second kappa shape index (κ2) is 7.49. The second-order valence-electron chi connectivity index (χ2n) is 6.79. The van der Waals surface area contributed by atoms with E-state index in [0.29, 0.717) is 5.75 Å². The zero-order valence-electron chi connectivity index (χ0n) is 14.1. The van der Waals surface area contributed by atoms with E-state index in [1.54, 1.807) is 0 Å². The lowest BCUT2D eigenvalue weighted by Gasteiger charge is -2.32. The molecule has 0 radical (unpaired) electrons. The fraction of sp³-hybridized carbons (Fsp3) is 0.500. The maximum Gasteiger partial charge on any atom is 0.147 e. The number of piperidine rings is 1. The lowest BCUT2D eigenvalue weighted by Crippen LogP contribution is -2.38. The highest BCUT2D eigenvalue weighted by Gasteiger charge is 2.24. The van der Waals surface area contributed by atoms with Crippen LogP contribution in [0.3, 0.4) is 0 Å². The normalized spacial score (nSPS) is 19.5. The van der Waals surface area contributed by atoms with Crippen molar-refractivity contribution in [2.24, 2.45) is 5.92 Å². The van der Waals surface area contributed by atoms with Gasteiger partial charge in [-0.2, -0.15) is 0 Å². The highest BCUT2D eigenvalue weighted by atomic mass is 32.2. The number of sulfone groups is 1. The summed E-state index contributed by atoms with van der Waals surface area (Å²) in [5.74, 6) is 1.58. The first-order chi connectivity index (χ1) is 11.5. The van der Waals surface area contributed by atoms with Gasteiger partial charge in [-0.3, -0.25) is 4.90 Å². The van der Waals surface area contributed by atoms with E-state index in [4.69, 9.17) is 0 Å². The van der Waals surface area contributed by atoms with E-state index < -0.39 is 9.84 Å². The molecule has 1 atom stereocenters. The van der Waals surface area contributed by atoms with Crippen LogP contribution in [0.15, 0.2) is 42.7 Å². The van der Waals surface area contributed by atoms with Gasteiger partial charge in [0.1, 0.15) is 15.7 Å². The minimum atomic E-state index is -2.91. The number of aromatic nitrogens is 2. The molecule has 6 heteroatoms. The minimum absolute atomic E-state index is 0.242. The lowest BCUT2D eigenvalue weighted by atomic mass is 10.0. The fourth-order valence-corrected chi connectivity index (χ4v) is 4.60. The van der Waals surface area contributed by atoms with Crippen LogP contribution in [0.2, 0.25) is 0 Å². The largest absolute Gasteiger partial charge is 0.329 e. The summed E-state index contributed by atoms with van der Waals surface area (Å²) in [7, 11) is -2.91. The van der Waals surface area contributed by atoms with Gasteiger partial charge in [-0.15, -0.1) is 0 Å². The van der Waals surface area contributed by atoms with Crippen molar-refractivity contribution < 1.29 is 8.42 Å². The van der Waals surface area contributed by atoms with Crippen molar-refractivity contribution in [2.45, 2.75) is 25.9 Å². The molecule has 5 nitrogen and oxygen atoms in total. The van der Waals surface area contributed by atoms with Crippen LogP contribution in [0.25, 0.3) is 0 Å². The summed E-state index contributed by atoms with van der Waals surface area (Å²) in [5.41, 5.74) is 1.25. The van der Waals surface area contributed by atoms with Gasteiger partial charge < -0.3 is 4.57 Å². The maximum absolute atomic E-state index is 11.5. The summed E-state index contributed by atoms with van der Waals surface area (Å²) in [6.45, 7) is 3.45. The number of benzene rings is 1. The van der Waals surface area contributed by atoms with Crippen LogP contribution >= 0.6 is 0 Å². The molecule has 0 aliphatic carbocycles. The van der Waals surface area contributed by atoms with Crippen molar-refractivity contribution in [1.29, 1.82) is 0 Å². The molecule has 1 aromatic carbocycles. The third-order valence-electron chi connectivity index (χ3n) is 4.50. The Bertz CT molecular complexity index is 756. The fourth-order valence-electron chi connectivity index (χ4n) is 3.47. The predicted molar refractivity (Wildman–Crippen MR) is 95.5 cm³/mol. The van der Waals surface area contributed by atoms with Gasteiger partial charge in [-0.05, 0) is 30.9 Å². The molecule has 1 aromatic heterocycles. The van der Waals surface area contributed by atoms with E-state index in [1.165, 1.54) is 11.8 Å². The Morgan fingerprint density at radius 1 is 1.21 bits per heavy atom. The Morgan fingerprint density at radius 3 is 2.75 bits per heavy atom. The maximum atomic E-state index is 11.5. The van der Waals surface area contributed by atoms with Crippen LogP contribution in [-0.2, 0) is 22.9 Å². The van der Waals surface area contributed by atoms with E-state index in [1.807, 2.05) is 30.6 Å². The number of hydrogen-bond acceptors (Lipinski definition) is 4. The molecule has 0 spiro atoms. The van der Waals surface area contributed by atoms with Gasteiger partial charge in [0, 0.05) is 31.7 Å². The molecule has 1 saturated heterocycles. The van der Waals surface area contributed by atoms with Gasteiger partial charge in [-0.1, -0.05) is 30.3 Å². The average molecular weight is 347 g/mol. The number of imidazole rings is 1. The zero-order chi connectivity index (χ0) is 17.0. The molecule has 24 heavy (non-hydrogen) atoms. The van der Waals surface area contributed by atoms with Gasteiger partial charge in [0.05, 0.1) is 12.3 Å². The molecule has 0 bridgehead atoms. The lowest BCUT2D eigenvalue weighted by molar-refractivity contribution is 0.172. The number of nitrogens with zero attached hydrogens (tertiary/aromatic N) is 3. The topological polar surface area (TPSA) is 55.2 Å². The van der Waals surface area contributed by atoms with E-state index >= 15 is 0 Å². The first-order valence-corrected chi connectivity index (χ1v) is 10.5. The van der Waals surface area contributed by atoms with Crippen molar-refractivity contribution in [3.8, 4) is 0 Å². The Balaban J connectivity index is 1.63. The van der Waals surface area contributed by atoms with Crippen LogP contribution in [0.1, 0.15) is 24.2 Å². The minimum Gasteiger partial charge on any atom is -0.329 e. The number of rotatable bonds is 6. The summed E-state index contributed by atoms with van der Waals surface area (Å²) in [6.07, 6.45) is 7.25. The molecule has 0 amide bonds. The standard InChI is InChI=1S/C18H25N3O2S/c1-24(22,23)15-17-8-5-10-20(12-17)14-18-19-9-11-21(18)13-16-6-3-2-4-7-16/h2-4,6-7,9,11,17H,5,8,10,12-15H2,1H3. The van der Waals surface area contributed by atoms with E-state index in [-0.39, 0.29) is 5.92 Å². The molecule has 2 aromatic rings. The Kier molecular flexibility index (Phi) is 5.36. The first-order valence-electron chi connectivity index (χ1n) is 8.43. The van der Waals surface area contributed by atoms with Crippen LogP contribution < -0.4 is 0 Å². The Morgan fingerprint density at radius 2 is 2.00 bits per heavy atom. The van der Waals surface area contributed by atoms with E-state index in [2.05, 4.69) is 26.6 Å². The van der Waals surface area contributed by atoms with Gasteiger partial charge in [0.15, 0.2) is 0 Å². The van der Waals surface area contributed by atoms with Crippen LogP contribution in [-0.4, -0.2) is 48.0 Å². The highest BCUT2D eigenvalue weighted by molar-refractivity contribution is 7.90. The molecular formula is C18H25N3O2S. The number of hydrogen-bond donors (Lipinski definition) is 0. The van der Waals surface area contributed by atoms with E-state index in [0.717, 1.165) is 44.8 Å². The molecule has 1 fully saturated rings. The van der Waals surface area contributed by atoms with Gasteiger partial charge in [0.25, 0.3) is 0 Å². The highest BCUT2D eigenvalue weighted by Crippen LogP contribution is 2.20. The third kappa shape index (κ3) is 4.92. The summed E-state index contributed by atoms with van der Waals surface area (Å²) in [5, 5.41) is 0. The van der Waals surface area contributed by atoms with Crippen LogP contribution in [0.4, 0.5) is 0 Å². The molecule has 3 rings (SSSR count). The number of likely N-dealkylation sites (tertiary alicyclic amines) is 1. The van der Waals surface area contributed by atoms with Crippen molar-refractivity contribution >= 4 is 9.84 Å². The summed E-state index contributed by atoms with van der Waals surface area (Å²) in [6, 6.07) is 10.4. The Hall–Kier alpha value is -1.66. The van der Waals surface area contributed by atoms with E-state index in [9.17, 15) is 8.42 Å². The van der Waals surface area contributed by atoms with Crippen molar-refractivity contribution in [2.75, 3.05) is 25.1 Å². The second-order valence-corrected chi connectivity index (χ2v) is 8.98. The summed E-state index contributed by atoms with van der Waals surface area (Å²) < 4.78 is 25.3. The zero-order valence-corrected chi connectivity index (χ0v) is 15.0. The van der Waals surface area contributed by atoms with Gasteiger partial charge in [0.2, 0.25) is 0 Å². The molecule has 1 unspecified atom stereocenters. The molecular weight excluding hydrogens is 322 g/mol. The SMILES string of the molecule is CS(=O)(=O)CC1CCCN(Cc2nccn2Cc2ccccc2)C1. The molecule has 1 aliphatic rings.